The molecule has 0 radical (unpaired) electrons. The Kier molecular flexibility index (Phi) is 10.6. The first kappa shape index (κ1) is 24.9. The maximum absolute atomic E-state index is 4.51. The van der Waals surface area contributed by atoms with E-state index in [1.807, 2.05) is 0 Å². The van der Waals surface area contributed by atoms with Crippen LogP contribution in [0.4, 0.5) is 0 Å². The maximum atomic E-state index is 4.51. The zero-order chi connectivity index (χ0) is 18.9. The molecule has 136 valence electrons. The van der Waals surface area contributed by atoms with Crippen LogP contribution in [0, 0.1) is 0 Å². The predicted molar refractivity (Wildman–Crippen MR) is 99.7 cm³/mol. The summed E-state index contributed by atoms with van der Waals surface area (Å²) < 4.78 is 9.01. The molecule has 0 N–H and O–H groups in total. The van der Waals surface area contributed by atoms with Crippen molar-refractivity contribution in [1.29, 1.82) is 0 Å². The molecule has 0 spiro atoms. The van der Waals surface area contributed by atoms with Crippen LogP contribution >= 0.6 is 0 Å². The van der Waals surface area contributed by atoms with Crippen molar-refractivity contribution in [1.82, 2.24) is 0 Å². The van der Waals surface area contributed by atoms with Gasteiger partial charge in [-0.3, -0.25) is 0 Å². The zero-order valence-electron chi connectivity index (χ0n) is 17.4. The molecule has 0 aromatic carbocycles. The van der Waals surface area contributed by atoms with E-state index in [9.17, 15) is 0 Å². The summed E-state index contributed by atoms with van der Waals surface area (Å²) in [6.07, 6.45) is 3.54. The van der Waals surface area contributed by atoms with Gasteiger partial charge in [-0.1, -0.05) is 41.5 Å². The Morgan fingerprint density at radius 2 is 0.826 bits per heavy atom. The average molecular weight is 406 g/mol. The summed E-state index contributed by atoms with van der Waals surface area (Å²) in [4.78, 5) is 0. The Morgan fingerprint density at radius 3 is 1.00 bits per heavy atom. The summed E-state index contributed by atoms with van der Waals surface area (Å²) in [5.41, 5.74) is 0.224. The van der Waals surface area contributed by atoms with Crippen molar-refractivity contribution in [3.8, 4) is 0 Å². The van der Waals surface area contributed by atoms with Gasteiger partial charge in [0.1, 0.15) is 0 Å². The standard InChI is InChI=1S/C10H20N2.2C4H9N.Mo/c1-9(2,3)11-7-8-12-10(4,5)6;2*1-4(2,3)5;/h7-8H,1-6H3;2*1-3H3;/q-2;;;+2/b8-7-;;;. The van der Waals surface area contributed by atoms with Crippen molar-refractivity contribution < 1.29 is 18.2 Å². The SMILES string of the molecule is CC(C)(C)[N-]/C=C\[N-]C(C)(C)C.CC(C)(C)[N]=[Mo+2]=[N]C(C)(C)C. The fraction of sp³-hybridized carbons (Fsp3) is 0.889. The normalized spacial score (nSPS) is 12.9. The van der Waals surface area contributed by atoms with E-state index in [-0.39, 0.29) is 22.2 Å². The van der Waals surface area contributed by atoms with Crippen molar-refractivity contribution in [3.05, 3.63) is 23.0 Å². The summed E-state index contributed by atoms with van der Waals surface area (Å²) in [6, 6.07) is 0. The molecule has 4 nitrogen and oxygen atoms in total. The van der Waals surface area contributed by atoms with E-state index in [1.54, 1.807) is 12.4 Å². The van der Waals surface area contributed by atoms with Crippen LogP contribution < -0.4 is 0 Å². The topological polar surface area (TPSA) is 52.9 Å². The third kappa shape index (κ3) is 30.1. The second-order valence-electron chi connectivity index (χ2n) is 9.50. The summed E-state index contributed by atoms with van der Waals surface area (Å²) in [5, 5.41) is 8.57. The molecular formula is C18H38MoN4. The van der Waals surface area contributed by atoms with E-state index in [4.69, 9.17) is 0 Å². The second-order valence-corrected chi connectivity index (χ2v) is 10.8. The molecule has 0 unspecified atom stereocenters. The predicted octanol–water partition coefficient (Wildman–Crippen LogP) is 6.84. The Bertz CT molecular complexity index is 370. The molecule has 0 saturated heterocycles. The molecule has 23 heavy (non-hydrogen) atoms. The van der Waals surface area contributed by atoms with Crippen LogP contribution in [0.25, 0.3) is 10.6 Å². The van der Waals surface area contributed by atoms with Crippen molar-refractivity contribution in [2.45, 2.75) is 105 Å². The zero-order valence-corrected chi connectivity index (χ0v) is 19.4. The second kappa shape index (κ2) is 9.81. The van der Waals surface area contributed by atoms with Gasteiger partial charge < -0.3 is 10.6 Å². The van der Waals surface area contributed by atoms with Crippen molar-refractivity contribution >= 4 is 0 Å². The molecule has 0 heterocycles. The summed E-state index contributed by atoms with van der Waals surface area (Å²) >= 11 is -0.473. The van der Waals surface area contributed by atoms with E-state index < -0.39 is 18.2 Å². The molecule has 0 aliphatic rings. The third-order valence-corrected chi connectivity index (χ3v) is 4.71. The average Bonchev–Trinajstić information content (AvgIpc) is 2.19. The Morgan fingerprint density at radius 1 is 0.565 bits per heavy atom. The van der Waals surface area contributed by atoms with Gasteiger partial charge in [0.15, 0.2) is 0 Å². The van der Waals surface area contributed by atoms with E-state index in [2.05, 4.69) is 101 Å². The molecule has 0 aliphatic carbocycles. The number of hydrogen-bond acceptors (Lipinski definition) is 2. The van der Waals surface area contributed by atoms with Crippen molar-refractivity contribution in [2.24, 2.45) is 6.99 Å². The van der Waals surface area contributed by atoms with Crippen LogP contribution in [0.15, 0.2) is 19.4 Å². The molecule has 0 amide bonds. The van der Waals surface area contributed by atoms with Gasteiger partial charge in [0.05, 0.1) is 0 Å². The van der Waals surface area contributed by atoms with Crippen LogP contribution in [0.5, 0.6) is 0 Å². The number of rotatable bonds is 2. The molecule has 0 aliphatic heterocycles. The van der Waals surface area contributed by atoms with Crippen LogP contribution in [-0.4, -0.2) is 22.2 Å². The first-order valence-electron chi connectivity index (χ1n) is 8.11. The Hall–Kier alpha value is -0.372. The molecule has 0 aromatic rings. The van der Waals surface area contributed by atoms with Crippen molar-refractivity contribution in [2.75, 3.05) is 0 Å². The van der Waals surface area contributed by atoms with E-state index in [0.717, 1.165) is 0 Å². The van der Waals surface area contributed by atoms with Crippen LogP contribution in [0.3, 0.4) is 0 Å². The fourth-order valence-electron chi connectivity index (χ4n) is 0.779. The molecular weight excluding hydrogens is 368 g/mol. The van der Waals surface area contributed by atoms with E-state index >= 15 is 0 Å². The molecule has 0 bridgehead atoms. The van der Waals surface area contributed by atoms with E-state index in [1.165, 1.54) is 0 Å². The minimum absolute atomic E-state index is 0.00387. The van der Waals surface area contributed by atoms with Crippen molar-refractivity contribution in [3.63, 3.8) is 0 Å². The summed E-state index contributed by atoms with van der Waals surface area (Å²) in [6.45, 7) is 25.1. The van der Waals surface area contributed by atoms with Gasteiger partial charge in [-0.25, -0.2) is 12.4 Å². The summed E-state index contributed by atoms with van der Waals surface area (Å²) in [5.74, 6) is 0. The molecule has 0 fully saturated rings. The van der Waals surface area contributed by atoms with Crippen LogP contribution in [0.1, 0.15) is 83.1 Å². The third-order valence-electron chi connectivity index (χ3n) is 1.62. The van der Waals surface area contributed by atoms with Crippen LogP contribution in [-0.2, 0) is 18.2 Å². The van der Waals surface area contributed by atoms with Gasteiger partial charge in [0.25, 0.3) is 0 Å². The monoisotopic (exact) mass is 408 g/mol. The number of nitrogens with zero attached hydrogens (tertiary/aromatic N) is 4. The van der Waals surface area contributed by atoms with Gasteiger partial charge >= 0.3 is 77.8 Å². The molecule has 0 atom stereocenters. The molecule has 5 heteroatoms. The summed E-state index contributed by atoms with van der Waals surface area (Å²) in [7, 11) is 0. The molecule has 0 rings (SSSR count). The Labute approximate surface area is 153 Å². The van der Waals surface area contributed by atoms with Gasteiger partial charge in [-0.05, 0) is 0 Å². The van der Waals surface area contributed by atoms with Crippen LogP contribution in [0.2, 0.25) is 0 Å². The fourth-order valence-corrected chi connectivity index (χ4v) is 2.08. The van der Waals surface area contributed by atoms with E-state index in [0.29, 0.717) is 0 Å². The first-order chi connectivity index (χ1) is 9.91. The molecule has 0 aromatic heterocycles. The quantitative estimate of drug-likeness (QED) is 0.451. The van der Waals surface area contributed by atoms with Gasteiger partial charge in [0, 0.05) is 0 Å². The Balaban J connectivity index is 0. The first-order valence-corrected chi connectivity index (χ1v) is 9.90. The molecule has 0 saturated carbocycles. The van der Waals surface area contributed by atoms with Gasteiger partial charge in [0.2, 0.25) is 0 Å². The number of hydrogen-bond donors (Lipinski definition) is 0. The van der Waals surface area contributed by atoms with Gasteiger partial charge in [-0.2, -0.15) is 0 Å². The minimum atomic E-state index is -0.473. The van der Waals surface area contributed by atoms with Gasteiger partial charge in [-0.15, -0.1) is 11.1 Å².